The van der Waals surface area contributed by atoms with Gasteiger partial charge in [-0.1, -0.05) is 0 Å². The number of hydrogen-bond acceptors (Lipinski definition) is 7. The molecule has 2 amide bonds. The van der Waals surface area contributed by atoms with Crippen LogP contribution in [0.2, 0.25) is 0 Å². The number of nitrogens with one attached hydrogen (secondary N) is 1. The number of ether oxygens (including phenoxy) is 4. The van der Waals surface area contributed by atoms with Crippen LogP contribution in [0.15, 0.2) is 12.1 Å². The third-order valence-electron chi connectivity index (χ3n) is 4.90. The quantitative estimate of drug-likeness (QED) is 0.520. The minimum absolute atomic E-state index is 0.214. The van der Waals surface area contributed by atoms with Crippen molar-refractivity contribution in [3.8, 4) is 11.5 Å². The van der Waals surface area contributed by atoms with E-state index in [2.05, 4.69) is 5.32 Å². The van der Waals surface area contributed by atoms with E-state index in [4.69, 9.17) is 18.9 Å². The number of methoxy groups -OCH3 is 3. The minimum Gasteiger partial charge on any atom is -0.493 e. The highest BCUT2D eigenvalue weighted by molar-refractivity contribution is 5.99. The Labute approximate surface area is 162 Å². The third-order valence-corrected chi connectivity index (χ3v) is 4.90. The summed E-state index contributed by atoms with van der Waals surface area (Å²) >= 11 is 0. The van der Waals surface area contributed by atoms with Gasteiger partial charge < -0.3 is 24.3 Å². The topological polar surface area (TPSA) is 103 Å². The predicted molar refractivity (Wildman–Crippen MR) is 97.1 cm³/mol. The number of likely N-dealkylation sites (tertiary alicyclic amines) is 1. The number of rotatable bonds is 8. The molecule has 9 heteroatoms. The zero-order valence-electron chi connectivity index (χ0n) is 16.1. The molecule has 1 aromatic carbocycles. The molecule has 2 aliphatic heterocycles. The summed E-state index contributed by atoms with van der Waals surface area (Å²) in [4.78, 5) is 39.0. The average Bonchev–Trinajstić information content (AvgIpc) is 3.24. The molecule has 2 aliphatic rings. The fourth-order valence-corrected chi connectivity index (χ4v) is 3.59. The van der Waals surface area contributed by atoms with E-state index in [1.807, 2.05) is 0 Å². The Morgan fingerprint density at radius 1 is 1.25 bits per heavy atom. The van der Waals surface area contributed by atoms with Gasteiger partial charge in [0.1, 0.15) is 11.6 Å². The van der Waals surface area contributed by atoms with Crippen LogP contribution in [0.4, 0.5) is 0 Å². The fourth-order valence-electron chi connectivity index (χ4n) is 3.59. The standard InChI is InChI=1S/C19H24N2O7/c1-25-10-4-9-20-17(23)12-6-8-14(22)21(12)18-11-5-7-13(26-2)16(27-3)15(11)19(24)28-18/h5,7,12,18H,4,6,8-10H2,1-3H3,(H,20,23)/t12-,18+/m1/s1. The highest BCUT2D eigenvalue weighted by Gasteiger charge is 2.47. The van der Waals surface area contributed by atoms with Crippen molar-refractivity contribution in [2.45, 2.75) is 31.5 Å². The first kappa shape index (κ1) is 19.9. The molecular formula is C19H24N2O7. The Morgan fingerprint density at radius 2 is 2.04 bits per heavy atom. The van der Waals surface area contributed by atoms with Gasteiger partial charge in [-0.15, -0.1) is 0 Å². The Morgan fingerprint density at radius 3 is 2.71 bits per heavy atom. The number of carbonyl (C=O) groups excluding carboxylic acids is 3. The van der Waals surface area contributed by atoms with E-state index in [0.717, 1.165) is 0 Å². The van der Waals surface area contributed by atoms with Crippen molar-refractivity contribution in [3.63, 3.8) is 0 Å². The number of cyclic esters (lactones) is 1. The number of fused-ring (bicyclic) bond motifs is 1. The summed E-state index contributed by atoms with van der Waals surface area (Å²) < 4.78 is 21.0. The molecule has 0 radical (unpaired) electrons. The molecule has 28 heavy (non-hydrogen) atoms. The van der Waals surface area contributed by atoms with Crippen molar-refractivity contribution >= 4 is 17.8 Å². The van der Waals surface area contributed by atoms with Crippen LogP contribution in [0, 0.1) is 0 Å². The lowest BCUT2D eigenvalue weighted by atomic mass is 10.1. The lowest BCUT2D eigenvalue weighted by Crippen LogP contribution is -2.46. The Balaban J connectivity index is 1.86. The summed E-state index contributed by atoms with van der Waals surface area (Å²) in [5.74, 6) is -0.488. The molecule has 0 aromatic heterocycles. The van der Waals surface area contributed by atoms with Crippen LogP contribution < -0.4 is 14.8 Å². The van der Waals surface area contributed by atoms with Gasteiger partial charge in [0.25, 0.3) is 0 Å². The van der Waals surface area contributed by atoms with Crippen LogP contribution in [0.5, 0.6) is 11.5 Å². The number of carbonyl (C=O) groups is 3. The van der Waals surface area contributed by atoms with E-state index in [9.17, 15) is 14.4 Å². The highest BCUT2D eigenvalue weighted by Crippen LogP contribution is 2.45. The summed E-state index contributed by atoms with van der Waals surface area (Å²) in [6.07, 6.45) is 0.284. The van der Waals surface area contributed by atoms with Crippen LogP contribution in [0.3, 0.4) is 0 Å². The van der Waals surface area contributed by atoms with Gasteiger partial charge in [-0.2, -0.15) is 0 Å². The summed E-state index contributed by atoms with van der Waals surface area (Å²) in [6, 6.07) is 2.60. The van der Waals surface area contributed by atoms with Crippen LogP contribution in [0.1, 0.15) is 41.4 Å². The van der Waals surface area contributed by atoms with E-state index in [1.54, 1.807) is 19.2 Å². The maximum Gasteiger partial charge on any atom is 0.344 e. The normalized spacial score (nSPS) is 20.8. The number of hydrogen-bond donors (Lipinski definition) is 1. The second-order valence-electron chi connectivity index (χ2n) is 6.52. The first-order chi connectivity index (χ1) is 13.5. The van der Waals surface area contributed by atoms with Crippen LogP contribution >= 0.6 is 0 Å². The third kappa shape index (κ3) is 3.49. The molecule has 0 unspecified atom stereocenters. The van der Waals surface area contributed by atoms with Gasteiger partial charge in [0.15, 0.2) is 11.5 Å². The number of nitrogens with zero attached hydrogens (tertiary/aromatic N) is 1. The zero-order chi connectivity index (χ0) is 20.3. The Kier molecular flexibility index (Phi) is 6.03. The molecule has 1 saturated heterocycles. The SMILES string of the molecule is COCCCNC(=O)[C@H]1CCC(=O)N1[C@H]1OC(=O)c2c1ccc(OC)c2OC. The molecule has 1 aromatic rings. The molecular weight excluding hydrogens is 368 g/mol. The van der Waals surface area contributed by atoms with E-state index < -0.39 is 18.2 Å². The summed E-state index contributed by atoms with van der Waals surface area (Å²) in [7, 11) is 4.49. The van der Waals surface area contributed by atoms with Crippen molar-refractivity contribution in [1.82, 2.24) is 10.2 Å². The van der Waals surface area contributed by atoms with Crippen molar-refractivity contribution < 1.29 is 33.3 Å². The predicted octanol–water partition coefficient (Wildman–Crippen LogP) is 1.02. The van der Waals surface area contributed by atoms with Gasteiger partial charge in [-0.3, -0.25) is 14.5 Å². The monoisotopic (exact) mass is 392 g/mol. The molecule has 152 valence electrons. The van der Waals surface area contributed by atoms with Crippen molar-refractivity contribution in [2.75, 3.05) is 34.5 Å². The molecule has 1 N–H and O–H groups in total. The van der Waals surface area contributed by atoms with E-state index in [1.165, 1.54) is 19.1 Å². The lowest BCUT2D eigenvalue weighted by molar-refractivity contribution is -0.145. The number of amides is 2. The molecule has 2 atom stereocenters. The van der Waals surface area contributed by atoms with Crippen molar-refractivity contribution in [2.24, 2.45) is 0 Å². The van der Waals surface area contributed by atoms with Crippen LogP contribution in [-0.2, 0) is 19.1 Å². The van der Waals surface area contributed by atoms with Crippen molar-refractivity contribution in [1.29, 1.82) is 0 Å². The average molecular weight is 392 g/mol. The summed E-state index contributed by atoms with van der Waals surface area (Å²) in [5.41, 5.74) is 0.695. The van der Waals surface area contributed by atoms with Gasteiger partial charge >= 0.3 is 5.97 Å². The molecule has 9 nitrogen and oxygen atoms in total. The first-order valence-electron chi connectivity index (χ1n) is 9.07. The number of esters is 1. The van der Waals surface area contributed by atoms with Crippen molar-refractivity contribution in [3.05, 3.63) is 23.3 Å². The van der Waals surface area contributed by atoms with Gasteiger partial charge in [0.05, 0.1) is 14.2 Å². The second-order valence-corrected chi connectivity index (χ2v) is 6.52. The molecule has 3 rings (SSSR count). The smallest absolute Gasteiger partial charge is 0.344 e. The van der Waals surface area contributed by atoms with Crippen LogP contribution in [0.25, 0.3) is 0 Å². The largest absolute Gasteiger partial charge is 0.493 e. The first-order valence-corrected chi connectivity index (χ1v) is 9.07. The second kappa shape index (κ2) is 8.47. The molecule has 0 saturated carbocycles. The molecule has 0 aliphatic carbocycles. The van der Waals surface area contributed by atoms with E-state index >= 15 is 0 Å². The minimum atomic E-state index is -0.966. The molecule has 0 spiro atoms. The summed E-state index contributed by atoms with van der Waals surface area (Å²) in [5, 5.41) is 2.81. The zero-order valence-corrected chi connectivity index (χ0v) is 16.1. The number of benzene rings is 1. The van der Waals surface area contributed by atoms with Gasteiger partial charge in [0.2, 0.25) is 18.0 Å². The Bertz CT molecular complexity index is 780. The summed E-state index contributed by atoms with van der Waals surface area (Å²) in [6.45, 7) is 0.972. The van der Waals surface area contributed by atoms with E-state index in [0.29, 0.717) is 37.3 Å². The molecule has 2 heterocycles. The molecule has 0 bridgehead atoms. The maximum atomic E-state index is 12.6. The highest BCUT2D eigenvalue weighted by atomic mass is 16.6. The lowest BCUT2D eigenvalue weighted by Gasteiger charge is -2.29. The Hall–Kier alpha value is -2.81. The van der Waals surface area contributed by atoms with Crippen LogP contribution in [-0.4, -0.2) is 63.2 Å². The van der Waals surface area contributed by atoms with Gasteiger partial charge in [-0.05, 0) is 25.0 Å². The van der Waals surface area contributed by atoms with E-state index in [-0.39, 0.29) is 29.5 Å². The van der Waals surface area contributed by atoms with Gasteiger partial charge in [0, 0.05) is 32.2 Å². The van der Waals surface area contributed by atoms with Gasteiger partial charge in [-0.25, -0.2) is 4.79 Å². The molecule has 1 fully saturated rings. The maximum absolute atomic E-state index is 12.6. The fraction of sp³-hybridized carbons (Fsp3) is 0.526.